The van der Waals surface area contributed by atoms with Crippen molar-refractivity contribution in [2.24, 2.45) is 5.73 Å². The molecule has 0 heterocycles. The average Bonchev–Trinajstić information content (AvgIpc) is 2.13. The minimum atomic E-state index is -4.67. The molecular formula is C12H12F3NO. The van der Waals surface area contributed by atoms with Crippen LogP contribution >= 0.6 is 0 Å². The van der Waals surface area contributed by atoms with Crippen molar-refractivity contribution in [3.05, 3.63) is 29.8 Å². The van der Waals surface area contributed by atoms with E-state index in [1.54, 1.807) is 13.8 Å². The maximum Gasteiger partial charge on any atom is 0.573 e. The van der Waals surface area contributed by atoms with Gasteiger partial charge in [-0.3, -0.25) is 0 Å². The molecule has 2 nitrogen and oxygen atoms in total. The van der Waals surface area contributed by atoms with Gasteiger partial charge in [0.15, 0.2) is 0 Å². The maximum absolute atomic E-state index is 11.9. The average molecular weight is 243 g/mol. The summed E-state index contributed by atoms with van der Waals surface area (Å²) in [6, 6.07) is 5.31. The molecule has 1 rings (SSSR count). The minimum absolute atomic E-state index is 0.268. The van der Waals surface area contributed by atoms with Crippen LogP contribution in [0.25, 0.3) is 0 Å². The van der Waals surface area contributed by atoms with E-state index in [4.69, 9.17) is 5.73 Å². The van der Waals surface area contributed by atoms with Gasteiger partial charge in [0.1, 0.15) is 5.75 Å². The first-order valence-corrected chi connectivity index (χ1v) is 4.84. The molecule has 92 valence electrons. The van der Waals surface area contributed by atoms with Crippen molar-refractivity contribution in [2.75, 3.05) is 0 Å². The second-order valence-corrected chi connectivity index (χ2v) is 4.04. The highest BCUT2D eigenvalue weighted by Crippen LogP contribution is 2.22. The molecule has 0 unspecified atom stereocenters. The first kappa shape index (κ1) is 13.4. The smallest absolute Gasteiger partial charge is 0.406 e. The van der Waals surface area contributed by atoms with Gasteiger partial charge in [-0.15, -0.1) is 13.2 Å². The van der Waals surface area contributed by atoms with Crippen LogP contribution in [0.15, 0.2) is 24.3 Å². The van der Waals surface area contributed by atoms with E-state index in [2.05, 4.69) is 16.6 Å². The molecule has 0 radical (unpaired) electrons. The van der Waals surface area contributed by atoms with Gasteiger partial charge in [0, 0.05) is 5.56 Å². The molecule has 1 aromatic rings. The summed E-state index contributed by atoms with van der Waals surface area (Å²) >= 11 is 0. The summed E-state index contributed by atoms with van der Waals surface area (Å²) < 4.78 is 39.4. The summed E-state index contributed by atoms with van der Waals surface area (Å²) in [5, 5.41) is 0. The van der Waals surface area contributed by atoms with E-state index in [0.29, 0.717) is 5.56 Å². The number of hydrogen-bond acceptors (Lipinski definition) is 2. The van der Waals surface area contributed by atoms with Crippen molar-refractivity contribution < 1.29 is 17.9 Å². The van der Waals surface area contributed by atoms with E-state index in [1.807, 2.05) is 0 Å². The second-order valence-electron chi connectivity index (χ2n) is 4.04. The van der Waals surface area contributed by atoms with Crippen molar-refractivity contribution in [3.8, 4) is 17.6 Å². The number of halogens is 3. The largest absolute Gasteiger partial charge is 0.573 e. The van der Waals surface area contributed by atoms with Gasteiger partial charge in [0.05, 0.1) is 5.54 Å². The van der Waals surface area contributed by atoms with Crippen LogP contribution in [-0.2, 0) is 0 Å². The lowest BCUT2D eigenvalue weighted by atomic mass is 10.1. The van der Waals surface area contributed by atoms with Gasteiger partial charge < -0.3 is 10.5 Å². The fourth-order valence-corrected chi connectivity index (χ4v) is 0.973. The van der Waals surface area contributed by atoms with Gasteiger partial charge in [-0.2, -0.15) is 0 Å². The fraction of sp³-hybridized carbons (Fsp3) is 0.333. The lowest BCUT2D eigenvalue weighted by molar-refractivity contribution is -0.274. The number of alkyl halides is 3. The Kier molecular flexibility index (Phi) is 3.69. The third kappa shape index (κ3) is 5.83. The molecule has 1 aromatic carbocycles. The summed E-state index contributed by atoms with van der Waals surface area (Å²) in [5.74, 6) is 5.26. The van der Waals surface area contributed by atoms with Crippen LogP contribution in [0, 0.1) is 11.8 Å². The number of nitrogens with two attached hydrogens (primary N) is 1. The second kappa shape index (κ2) is 4.68. The van der Waals surface area contributed by atoms with Gasteiger partial charge in [-0.1, -0.05) is 11.8 Å². The van der Waals surface area contributed by atoms with Crippen LogP contribution < -0.4 is 10.5 Å². The molecule has 17 heavy (non-hydrogen) atoms. The zero-order chi connectivity index (χ0) is 13.1. The Morgan fingerprint density at radius 1 is 1.12 bits per heavy atom. The SMILES string of the molecule is CC(C)(N)C#Cc1ccc(OC(F)(F)F)cc1. The van der Waals surface area contributed by atoms with Crippen LogP contribution in [0.4, 0.5) is 13.2 Å². The van der Waals surface area contributed by atoms with Gasteiger partial charge >= 0.3 is 6.36 Å². The molecule has 2 N–H and O–H groups in total. The monoisotopic (exact) mass is 243 g/mol. The molecule has 0 aliphatic heterocycles. The Morgan fingerprint density at radius 2 is 1.65 bits per heavy atom. The molecule has 0 fully saturated rings. The fourth-order valence-electron chi connectivity index (χ4n) is 0.973. The van der Waals surface area contributed by atoms with Crippen molar-refractivity contribution >= 4 is 0 Å². The molecule has 0 saturated carbocycles. The van der Waals surface area contributed by atoms with Crippen LogP contribution in [-0.4, -0.2) is 11.9 Å². The molecule has 0 aliphatic rings. The molecule has 0 aromatic heterocycles. The number of rotatable bonds is 1. The first-order valence-electron chi connectivity index (χ1n) is 4.84. The Bertz CT molecular complexity index is 432. The quantitative estimate of drug-likeness (QED) is 0.769. The summed E-state index contributed by atoms with van der Waals surface area (Å²) in [6.45, 7) is 3.47. The van der Waals surface area contributed by atoms with E-state index in [0.717, 1.165) is 0 Å². The molecule has 0 saturated heterocycles. The summed E-state index contributed by atoms with van der Waals surface area (Å²) in [7, 11) is 0. The zero-order valence-electron chi connectivity index (χ0n) is 9.43. The normalized spacial score (nSPS) is 11.6. The molecule has 0 spiro atoms. The third-order valence-electron chi connectivity index (χ3n) is 1.62. The van der Waals surface area contributed by atoms with E-state index < -0.39 is 11.9 Å². The van der Waals surface area contributed by atoms with Gasteiger partial charge in [-0.05, 0) is 38.1 Å². The molecule has 0 bridgehead atoms. The number of ether oxygens (including phenoxy) is 1. The Hall–Kier alpha value is -1.67. The predicted molar refractivity (Wildman–Crippen MR) is 58.3 cm³/mol. The standard InChI is InChI=1S/C12H12F3NO/c1-11(2,16)8-7-9-3-5-10(6-4-9)17-12(13,14)15/h3-6H,16H2,1-2H3. The third-order valence-corrected chi connectivity index (χ3v) is 1.62. The van der Waals surface area contributed by atoms with Crippen molar-refractivity contribution in [2.45, 2.75) is 25.7 Å². The highest BCUT2D eigenvalue weighted by Gasteiger charge is 2.30. The summed E-state index contributed by atoms with van der Waals surface area (Å²) in [5.41, 5.74) is 5.59. The molecule has 5 heteroatoms. The number of benzene rings is 1. The maximum atomic E-state index is 11.9. The van der Waals surface area contributed by atoms with Crippen LogP contribution in [0.5, 0.6) is 5.75 Å². The van der Waals surface area contributed by atoms with Crippen molar-refractivity contribution in [1.82, 2.24) is 0 Å². The number of hydrogen-bond donors (Lipinski definition) is 1. The van der Waals surface area contributed by atoms with Crippen LogP contribution in [0.1, 0.15) is 19.4 Å². The molecule has 0 amide bonds. The van der Waals surface area contributed by atoms with E-state index in [1.165, 1.54) is 24.3 Å². The Balaban J connectivity index is 2.78. The van der Waals surface area contributed by atoms with Crippen molar-refractivity contribution in [1.29, 1.82) is 0 Å². The molecule has 0 aliphatic carbocycles. The molecule has 0 atom stereocenters. The summed E-state index contributed by atoms with van der Waals surface area (Å²) in [4.78, 5) is 0. The Morgan fingerprint density at radius 3 is 2.06 bits per heavy atom. The minimum Gasteiger partial charge on any atom is -0.406 e. The topological polar surface area (TPSA) is 35.2 Å². The van der Waals surface area contributed by atoms with E-state index in [9.17, 15) is 13.2 Å². The van der Waals surface area contributed by atoms with Crippen LogP contribution in [0.2, 0.25) is 0 Å². The zero-order valence-corrected chi connectivity index (χ0v) is 9.43. The van der Waals surface area contributed by atoms with E-state index in [-0.39, 0.29) is 5.75 Å². The predicted octanol–water partition coefficient (Wildman–Crippen LogP) is 2.67. The van der Waals surface area contributed by atoms with Crippen molar-refractivity contribution in [3.63, 3.8) is 0 Å². The highest BCUT2D eigenvalue weighted by atomic mass is 19.4. The molecular weight excluding hydrogens is 231 g/mol. The Labute approximate surface area is 97.6 Å². The first-order chi connectivity index (χ1) is 7.66. The lowest BCUT2D eigenvalue weighted by Gasteiger charge is -2.09. The van der Waals surface area contributed by atoms with Gasteiger partial charge in [0.25, 0.3) is 0 Å². The highest BCUT2D eigenvalue weighted by molar-refractivity contribution is 5.39. The van der Waals surface area contributed by atoms with Gasteiger partial charge in [0.2, 0.25) is 0 Å². The van der Waals surface area contributed by atoms with Crippen LogP contribution in [0.3, 0.4) is 0 Å². The summed E-state index contributed by atoms with van der Waals surface area (Å²) in [6.07, 6.45) is -4.67. The lowest BCUT2D eigenvalue weighted by Crippen LogP contribution is -2.29. The van der Waals surface area contributed by atoms with Gasteiger partial charge in [-0.25, -0.2) is 0 Å². The van der Waals surface area contributed by atoms with E-state index >= 15 is 0 Å².